The second kappa shape index (κ2) is 6.43. The molecule has 7 nitrogen and oxygen atoms in total. The third-order valence-corrected chi connectivity index (χ3v) is 3.57. The second-order valence-corrected chi connectivity index (χ2v) is 5.09. The molecular weight excluding hydrogens is 276 g/mol. The first-order chi connectivity index (χ1) is 10.0. The minimum Gasteiger partial charge on any atom is -0.480 e. The number of carbonyl (C=O) groups excluding carboxylic acids is 2. The summed E-state index contributed by atoms with van der Waals surface area (Å²) in [5.41, 5.74) is 0.322. The number of aliphatic carboxylic acids is 1. The predicted octanol–water partition coefficient (Wildman–Crippen LogP) is 0.864. The first-order valence-electron chi connectivity index (χ1n) is 6.87. The number of likely N-dealkylation sites (tertiary alicyclic amines) is 1. The van der Waals surface area contributed by atoms with Crippen LogP contribution < -0.4 is 5.32 Å². The summed E-state index contributed by atoms with van der Waals surface area (Å²) in [6.07, 6.45) is 4.66. The molecule has 1 aromatic heterocycles. The summed E-state index contributed by atoms with van der Waals surface area (Å²) in [5.74, 6) is -1.80. The third kappa shape index (κ3) is 3.42. The summed E-state index contributed by atoms with van der Waals surface area (Å²) in [6.45, 7) is 1.95. The molecule has 0 saturated carbocycles. The van der Waals surface area contributed by atoms with Crippen molar-refractivity contribution in [3.63, 3.8) is 0 Å². The van der Waals surface area contributed by atoms with E-state index >= 15 is 0 Å². The maximum absolute atomic E-state index is 12.3. The van der Waals surface area contributed by atoms with E-state index in [4.69, 9.17) is 4.42 Å². The molecular formula is C14H18N2O5. The molecule has 0 aromatic carbocycles. The maximum Gasteiger partial charge on any atom is 0.326 e. The van der Waals surface area contributed by atoms with Crippen molar-refractivity contribution in [1.82, 2.24) is 10.2 Å². The summed E-state index contributed by atoms with van der Waals surface area (Å²) >= 11 is 0. The second-order valence-electron chi connectivity index (χ2n) is 5.09. The molecule has 114 valence electrons. The van der Waals surface area contributed by atoms with Crippen molar-refractivity contribution in [3.8, 4) is 0 Å². The third-order valence-electron chi connectivity index (χ3n) is 3.57. The minimum absolute atomic E-state index is 0.322. The smallest absolute Gasteiger partial charge is 0.326 e. The van der Waals surface area contributed by atoms with E-state index in [0.29, 0.717) is 18.5 Å². The first kappa shape index (κ1) is 15.1. The summed E-state index contributed by atoms with van der Waals surface area (Å²) in [7, 11) is 0. The van der Waals surface area contributed by atoms with Crippen LogP contribution in [0, 0.1) is 0 Å². The van der Waals surface area contributed by atoms with E-state index < -0.39 is 24.0 Å². The fourth-order valence-electron chi connectivity index (χ4n) is 2.44. The van der Waals surface area contributed by atoms with Crippen molar-refractivity contribution in [2.75, 3.05) is 6.54 Å². The zero-order valence-corrected chi connectivity index (χ0v) is 11.7. The zero-order valence-electron chi connectivity index (χ0n) is 11.7. The highest BCUT2D eigenvalue weighted by Gasteiger charge is 2.34. The lowest BCUT2D eigenvalue weighted by atomic mass is 10.0. The number of carboxylic acids is 1. The summed E-state index contributed by atoms with van der Waals surface area (Å²) in [4.78, 5) is 36.7. The fraction of sp³-hybridized carbons (Fsp3) is 0.500. The molecule has 0 radical (unpaired) electrons. The molecule has 21 heavy (non-hydrogen) atoms. The summed E-state index contributed by atoms with van der Waals surface area (Å²) in [6, 6.07) is -0.0973. The monoisotopic (exact) mass is 294 g/mol. The number of furan rings is 1. The highest BCUT2D eigenvalue weighted by Crippen LogP contribution is 2.18. The Morgan fingerprint density at radius 2 is 2.19 bits per heavy atom. The van der Waals surface area contributed by atoms with Gasteiger partial charge in [0, 0.05) is 6.54 Å². The Morgan fingerprint density at radius 1 is 1.43 bits per heavy atom. The highest BCUT2D eigenvalue weighted by atomic mass is 16.4. The number of amides is 2. The van der Waals surface area contributed by atoms with Gasteiger partial charge in [0.2, 0.25) is 5.91 Å². The molecule has 7 heteroatoms. The Morgan fingerprint density at radius 3 is 2.81 bits per heavy atom. The van der Waals surface area contributed by atoms with Gasteiger partial charge in [0.05, 0.1) is 11.8 Å². The largest absolute Gasteiger partial charge is 0.480 e. The van der Waals surface area contributed by atoms with Gasteiger partial charge in [0.25, 0.3) is 5.91 Å². The molecule has 2 amide bonds. The molecule has 0 aliphatic carbocycles. The molecule has 1 saturated heterocycles. The van der Waals surface area contributed by atoms with Gasteiger partial charge in [0.1, 0.15) is 18.3 Å². The molecule has 0 bridgehead atoms. The predicted molar refractivity (Wildman–Crippen MR) is 72.6 cm³/mol. The van der Waals surface area contributed by atoms with Crippen LogP contribution in [0.1, 0.15) is 36.5 Å². The van der Waals surface area contributed by atoms with Crippen LogP contribution in [0.5, 0.6) is 0 Å². The highest BCUT2D eigenvalue weighted by molar-refractivity contribution is 5.97. The van der Waals surface area contributed by atoms with Crippen LogP contribution >= 0.6 is 0 Å². The number of carbonyl (C=O) groups is 3. The molecule has 1 aromatic rings. The Hall–Kier alpha value is -2.31. The lowest BCUT2D eigenvalue weighted by molar-refractivity contribution is -0.152. The van der Waals surface area contributed by atoms with Crippen molar-refractivity contribution in [3.05, 3.63) is 24.2 Å². The van der Waals surface area contributed by atoms with Gasteiger partial charge in [-0.2, -0.15) is 0 Å². The summed E-state index contributed by atoms with van der Waals surface area (Å²) in [5, 5.41) is 11.7. The first-order valence-corrected chi connectivity index (χ1v) is 6.87. The van der Waals surface area contributed by atoms with Crippen LogP contribution in [0.15, 0.2) is 23.0 Å². The fourth-order valence-corrected chi connectivity index (χ4v) is 2.44. The van der Waals surface area contributed by atoms with Gasteiger partial charge >= 0.3 is 5.97 Å². The van der Waals surface area contributed by atoms with Crippen molar-refractivity contribution in [2.45, 2.75) is 38.3 Å². The molecule has 2 unspecified atom stereocenters. The maximum atomic E-state index is 12.3. The van der Waals surface area contributed by atoms with Gasteiger partial charge in [0.15, 0.2) is 0 Å². The van der Waals surface area contributed by atoms with Gasteiger partial charge < -0.3 is 19.7 Å². The standard InChI is InChI=1S/C14H18N2O5/c1-9(15-12(17)10-5-7-21-8-10)13(18)16-6-3-2-4-11(16)14(19)20/h5,7-9,11H,2-4,6H2,1H3,(H,15,17)(H,19,20). The normalized spacial score (nSPS) is 19.9. The van der Waals surface area contributed by atoms with E-state index in [1.165, 1.54) is 23.5 Å². The van der Waals surface area contributed by atoms with Gasteiger partial charge in [-0.1, -0.05) is 0 Å². The van der Waals surface area contributed by atoms with Crippen LogP contribution in [0.4, 0.5) is 0 Å². The Kier molecular flexibility index (Phi) is 4.62. The van der Waals surface area contributed by atoms with Crippen molar-refractivity contribution in [2.24, 2.45) is 0 Å². The van der Waals surface area contributed by atoms with Crippen molar-refractivity contribution < 1.29 is 23.9 Å². The van der Waals surface area contributed by atoms with Crippen LogP contribution in [0.2, 0.25) is 0 Å². The summed E-state index contributed by atoms with van der Waals surface area (Å²) < 4.78 is 4.81. The quantitative estimate of drug-likeness (QED) is 0.858. The molecule has 2 rings (SSSR count). The van der Waals surface area contributed by atoms with Crippen LogP contribution in [0.3, 0.4) is 0 Å². The topological polar surface area (TPSA) is 99.9 Å². The molecule has 2 heterocycles. The number of hydrogen-bond acceptors (Lipinski definition) is 4. The van der Waals surface area contributed by atoms with Gasteiger partial charge in [-0.25, -0.2) is 4.79 Å². The molecule has 1 aliphatic heterocycles. The van der Waals surface area contributed by atoms with Gasteiger partial charge in [-0.15, -0.1) is 0 Å². The Balaban J connectivity index is 2.00. The van der Waals surface area contributed by atoms with Crippen molar-refractivity contribution in [1.29, 1.82) is 0 Å². The van der Waals surface area contributed by atoms with Crippen molar-refractivity contribution >= 4 is 17.8 Å². The van der Waals surface area contributed by atoms with Crippen LogP contribution in [0.25, 0.3) is 0 Å². The lowest BCUT2D eigenvalue weighted by Gasteiger charge is -2.34. The van der Waals surface area contributed by atoms with E-state index in [2.05, 4.69) is 5.32 Å². The number of piperidine rings is 1. The molecule has 0 spiro atoms. The zero-order chi connectivity index (χ0) is 15.4. The molecule has 1 aliphatic rings. The minimum atomic E-state index is -1.00. The number of nitrogens with zero attached hydrogens (tertiary/aromatic N) is 1. The van der Waals surface area contributed by atoms with Gasteiger partial charge in [-0.05, 0) is 32.3 Å². The molecule has 1 fully saturated rings. The van der Waals surface area contributed by atoms with E-state index in [1.54, 1.807) is 6.92 Å². The van der Waals surface area contributed by atoms with Crippen LogP contribution in [-0.4, -0.2) is 46.4 Å². The van der Waals surface area contributed by atoms with E-state index in [9.17, 15) is 19.5 Å². The number of rotatable bonds is 4. The number of hydrogen-bond donors (Lipinski definition) is 2. The molecule has 2 atom stereocenters. The van der Waals surface area contributed by atoms with Gasteiger partial charge in [-0.3, -0.25) is 9.59 Å². The SMILES string of the molecule is CC(NC(=O)c1ccoc1)C(=O)N1CCCCC1C(=O)O. The Labute approximate surface area is 121 Å². The molecule has 2 N–H and O–H groups in total. The average Bonchev–Trinajstić information content (AvgIpc) is 3.00. The van der Waals surface area contributed by atoms with E-state index in [1.807, 2.05) is 0 Å². The lowest BCUT2D eigenvalue weighted by Crippen LogP contribution is -2.54. The number of carboxylic acid groups (broad SMARTS) is 1. The average molecular weight is 294 g/mol. The van der Waals surface area contributed by atoms with E-state index in [-0.39, 0.29) is 5.91 Å². The Bertz CT molecular complexity index is 525. The van der Waals surface area contributed by atoms with Crippen LogP contribution in [-0.2, 0) is 9.59 Å². The van der Waals surface area contributed by atoms with E-state index in [0.717, 1.165) is 12.8 Å². The number of nitrogens with one attached hydrogen (secondary N) is 1.